The van der Waals surface area contributed by atoms with Gasteiger partial charge in [0.05, 0.1) is 10.0 Å². The summed E-state index contributed by atoms with van der Waals surface area (Å²) >= 11 is 17.9. The van der Waals surface area contributed by atoms with Crippen molar-refractivity contribution in [3.63, 3.8) is 0 Å². The molecule has 0 aliphatic carbocycles. The average molecular weight is 272 g/mol. The van der Waals surface area contributed by atoms with E-state index < -0.39 is 0 Å². The van der Waals surface area contributed by atoms with Crippen molar-refractivity contribution in [3.05, 3.63) is 57.0 Å². The van der Waals surface area contributed by atoms with Crippen LogP contribution in [0.1, 0.15) is 5.56 Å². The molecule has 0 atom stereocenters. The quantitative estimate of drug-likeness (QED) is 0.631. The molecular formula is C13H9Cl3. The van der Waals surface area contributed by atoms with E-state index in [2.05, 4.69) is 6.07 Å². The molecule has 2 aromatic carbocycles. The fourth-order valence-electron chi connectivity index (χ4n) is 1.58. The zero-order valence-electron chi connectivity index (χ0n) is 8.60. The molecule has 16 heavy (non-hydrogen) atoms. The number of rotatable bonds is 1. The third-order valence-corrected chi connectivity index (χ3v) is 3.25. The van der Waals surface area contributed by atoms with Crippen molar-refractivity contribution in [3.8, 4) is 11.1 Å². The topological polar surface area (TPSA) is 0 Å². The van der Waals surface area contributed by atoms with E-state index in [0.717, 1.165) is 21.7 Å². The van der Waals surface area contributed by atoms with Gasteiger partial charge >= 0.3 is 0 Å². The first-order valence-corrected chi connectivity index (χ1v) is 5.92. The van der Waals surface area contributed by atoms with E-state index in [1.807, 2.05) is 31.2 Å². The van der Waals surface area contributed by atoms with Crippen molar-refractivity contribution in [1.29, 1.82) is 0 Å². The standard InChI is InChI=1S/C13H9Cl3/c1-8-4-10(6-11(14)5-8)9-2-3-12(15)13(16)7-9/h2-7H,1H3. The average Bonchev–Trinajstić information content (AvgIpc) is 2.20. The lowest BCUT2D eigenvalue weighted by atomic mass is 10.0. The monoisotopic (exact) mass is 270 g/mol. The predicted octanol–water partition coefficient (Wildman–Crippen LogP) is 5.62. The van der Waals surface area contributed by atoms with Gasteiger partial charge in [0, 0.05) is 5.02 Å². The van der Waals surface area contributed by atoms with Crippen LogP contribution in [0.4, 0.5) is 0 Å². The second-order valence-corrected chi connectivity index (χ2v) is 4.90. The molecule has 82 valence electrons. The molecule has 0 aromatic heterocycles. The van der Waals surface area contributed by atoms with Gasteiger partial charge in [0.2, 0.25) is 0 Å². The highest BCUT2D eigenvalue weighted by Gasteiger charge is 2.03. The van der Waals surface area contributed by atoms with Gasteiger partial charge in [0.15, 0.2) is 0 Å². The second kappa shape index (κ2) is 4.67. The lowest BCUT2D eigenvalue weighted by Crippen LogP contribution is -1.81. The van der Waals surface area contributed by atoms with E-state index in [4.69, 9.17) is 34.8 Å². The zero-order valence-corrected chi connectivity index (χ0v) is 10.9. The Labute approximate surface area is 110 Å². The summed E-state index contributed by atoms with van der Waals surface area (Å²) in [5.41, 5.74) is 3.18. The van der Waals surface area contributed by atoms with Gasteiger partial charge in [-0.25, -0.2) is 0 Å². The Balaban J connectivity index is 2.54. The molecule has 0 aliphatic heterocycles. The molecule has 0 unspecified atom stereocenters. The van der Waals surface area contributed by atoms with E-state index >= 15 is 0 Å². The highest BCUT2D eigenvalue weighted by atomic mass is 35.5. The Morgan fingerprint density at radius 3 is 2.12 bits per heavy atom. The minimum atomic E-state index is 0.553. The maximum absolute atomic E-state index is 6.01. The first-order valence-electron chi connectivity index (χ1n) is 4.79. The smallest absolute Gasteiger partial charge is 0.0598 e. The lowest BCUT2D eigenvalue weighted by molar-refractivity contribution is 1.47. The summed E-state index contributed by atoms with van der Waals surface area (Å²) < 4.78 is 0. The number of hydrogen-bond donors (Lipinski definition) is 0. The summed E-state index contributed by atoms with van der Waals surface area (Å²) in [7, 11) is 0. The van der Waals surface area contributed by atoms with Crippen LogP contribution in [0.3, 0.4) is 0 Å². The normalized spacial score (nSPS) is 10.5. The first kappa shape index (κ1) is 11.8. The van der Waals surface area contributed by atoms with Crippen LogP contribution in [0.5, 0.6) is 0 Å². The SMILES string of the molecule is Cc1cc(Cl)cc(-c2ccc(Cl)c(Cl)c2)c1. The molecule has 0 N–H and O–H groups in total. The first-order chi connectivity index (χ1) is 7.56. The molecule has 0 heterocycles. The van der Waals surface area contributed by atoms with Crippen LogP contribution in [0.15, 0.2) is 36.4 Å². The van der Waals surface area contributed by atoms with Gasteiger partial charge in [0.1, 0.15) is 0 Å². The number of hydrogen-bond acceptors (Lipinski definition) is 0. The van der Waals surface area contributed by atoms with Gasteiger partial charge < -0.3 is 0 Å². The highest BCUT2D eigenvalue weighted by Crippen LogP contribution is 2.30. The molecule has 2 rings (SSSR count). The van der Waals surface area contributed by atoms with Gasteiger partial charge in [-0.2, -0.15) is 0 Å². The molecule has 0 nitrogen and oxygen atoms in total. The molecular weight excluding hydrogens is 263 g/mol. The number of halogens is 3. The summed E-state index contributed by atoms with van der Waals surface area (Å²) in [5.74, 6) is 0. The third kappa shape index (κ3) is 2.52. The van der Waals surface area contributed by atoms with Crippen molar-refractivity contribution in [1.82, 2.24) is 0 Å². The van der Waals surface area contributed by atoms with E-state index in [-0.39, 0.29) is 0 Å². The maximum atomic E-state index is 6.01. The van der Waals surface area contributed by atoms with Crippen LogP contribution in [0.2, 0.25) is 15.1 Å². The van der Waals surface area contributed by atoms with E-state index in [9.17, 15) is 0 Å². The molecule has 0 radical (unpaired) electrons. The molecule has 2 aromatic rings. The second-order valence-electron chi connectivity index (χ2n) is 3.65. The minimum Gasteiger partial charge on any atom is -0.0843 e. The summed E-state index contributed by atoms with van der Waals surface area (Å²) in [6, 6.07) is 11.5. The molecule has 0 bridgehead atoms. The van der Waals surface area contributed by atoms with E-state index in [1.54, 1.807) is 6.07 Å². The van der Waals surface area contributed by atoms with Gasteiger partial charge in [-0.15, -0.1) is 0 Å². The van der Waals surface area contributed by atoms with Crippen LogP contribution in [-0.2, 0) is 0 Å². The van der Waals surface area contributed by atoms with Crippen LogP contribution >= 0.6 is 34.8 Å². The van der Waals surface area contributed by atoms with Gasteiger partial charge in [-0.3, -0.25) is 0 Å². The molecule has 0 aliphatic rings. The molecule has 0 fully saturated rings. The van der Waals surface area contributed by atoms with Crippen LogP contribution < -0.4 is 0 Å². The van der Waals surface area contributed by atoms with Gasteiger partial charge in [-0.1, -0.05) is 46.9 Å². The Hall–Kier alpha value is -0.690. The molecule has 0 spiro atoms. The van der Waals surface area contributed by atoms with Gasteiger partial charge in [-0.05, 0) is 47.9 Å². The molecule has 0 saturated heterocycles. The third-order valence-electron chi connectivity index (χ3n) is 2.30. The van der Waals surface area contributed by atoms with Crippen LogP contribution in [0, 0.1) is 6.92 Å². The fourth-order valence-corrected chi connectivity index (χ4v) is 2.17. The highest BCUT2D eigenvalue weighted by molar-refractivity contribution is 6.42. The Morgan fingerprint density at radius 1 is 0.750 bits per heavy atom. The van der Waals surface area contributed by atoms with Crippen LogP contribution in [0.25, 0.3) is 11.1 Å². The van der Waals surface area contributed by atoms with E-state index in [0.29, 0.717) is 10.0 Å². The Morgan fingerprint density at radius 2 is 1.50 bits per heavy atom. The fraction of sp³-hybridized carbons (Fsp3) is 0.0769. The van der Waals surface area contributed by atoms with Gasteiger partial charge in [0.25, 0.3) is 0 Å². The summed E-state index contributed by atoms with van der Waals surface area (Å²) in [5, 5.41) is 1.84. The number of benzene rings is 2. The van der Waals surface area contributed by atoms with E-state index in [1.165, 1.54) is 0 Å². The maximum Gasteiger partial charge on any atom is 0.0598 e. The Kier molecular flexibility index (Phi) is 3.44. The molecule has 0 amide bonds. The predicted molar refractivity (Wildman–Crippen MR) is 71.6 cm³/mol. The van der Waals surface area contributed by atoms with Crippen molar-refractivity contribution >= 4 is 34.8 Å². The summed E-state index contributed by atoms with van der Waals surface area (Å²) in [6.07, 6.45) is 0. The lowest BCUT2D eigenvalue weighted by Gasteiger charge is -2.05. The zero-order chi connectivity index (χ0) is 11.7. The minimum absolute atomic E-state index is 0.553. The van der Waals surface area contributed by atoms with Crippen molar-refractivity contribution in [2.75, 3.05) is 0 Å². The molecule has 3 heteroatoms. The number of aryl methyl sites for hydroxylation is 1. The summed E-state index contributed by atoms with van der Waals surface area (Å²) in [6.45, 7) is 2.01. The van der Waals surface area contributed by atoms with Crippen LogP contribution in [-0.4, -0.2) is 0 Å². The molecule has 0 saturated carbocycles. The van der Waals surface area contributed by atoms with Crippen molar-refractivity contribution in [2.45, 2.75) is 6.92 Å². The summed E-state index contributed by atoms with van der Waals surface area (Å²) in [4.78, 5) is 0. The van der Waals surface area contributed by atoms with Crippen molar-refractivity contribution < 1.29 is 0 Å². The largest absolute Gasteiger partial charge is 0.0843 e. The van der Waals surface area contributed by atoms with Crippen molar-refractivity contribution in [2.24, 2.45) is 0 Å². The Bertz CT molecular complexity index is 512.